The Morgan fingerprint density at radius 3 is 1.91 bits per heavy atom. The van der Waals surface area contributed by atoms with E-state index in [1.165, 1.54) is 6.26 Å². The molecule has 0 aliphatic carbocycles. The van der Waals surface area contributed by atoms with Gasteiger partial charge < -0.3 is 20.2 Å². The number of aromatic nitrogens is 3. The van der Waals surface area contributed by atoms with E-state index < -0.39 is 11.5 Å². The summed E-state index contributed by atoms with van der Waals surface area (Å²) in [7, 11) is 0. The number of rotatable bonds is 10. The Bertz CT molecular complexity index is 1700. The number of nitrogens with one attached hydrogen (secondary N) is 1. The number of nitrogens with two attached hydrogens (primary N) is 1. The molecule has 3 aromatic carbocycles. The van der Waals surface area contributed by atoms with Crippen molar-refractivity contribution in [3.63, 3.8) is 0 Å². The quantitative estimate of drug-likeness (QED) is 0.191. The maximum Gasteiger partial charge on any atom is 0.270 e. The molecule has 0 fully saturated rings. The van der Waals surface area contributed by atoms with Crippen molar-refractivity contribution in [1.29, 1.82) is 0 Å². The van der Waals surface area contributed by atoms with Crippen LogP contribution in [0.3, 0.4) is 0 Å². The van der Waals surface area contributed by atoms with Crippen LogP contribution in [0, 0.1) is 0 Å². The van der Waals surface area contributed by atoms with Gasteiger partial charge in [0.15, 0.2) is 5.76 Å². The highest BCUT2D eigenvalue weighted by Crippen LogP contribution is 2.41. The fourth-order valence-corrected chi connectivity index (χ4v) is 5.05. The lowest BCUT2D eigenvalue weighted by atomic mass is 9.80. The van der Waals surface area contributed by atoms with Gasteiger partial charge in [0.2, 0.25) is 5.95 Å². The molecule has 0 radical (unpaired) electrons. The number of anilines is 1. The third-order valence-electron chi connectivity index (χ3n) is 7.02. The fraction of sp³-hybridized carbons (Fsp3) is 0.0857. The smallest absolute Gasteiger partial charge is 0.270 e. The molecule has 8 nitrogen and oxygen atoms in total. The first kappa shape index (κ1) is 27.6. The summed E-state index contributed by atoms with van der Waals surface area (Å²) in [5, 5.41) is 2.87. The van der Waals surface area contributed by atoms with Crippen LogP contribution in [-0.4, -0.2) is 20.9 Å². The van der Waals surface area contributed by atoms with Crippen LogP contribution >= 0.6 is 0 Å². The van der Waals surface area contributed by atoms with Gasteiger partial charge in [0, 0.05) is 0 Å². The van der Waals surface area contributed by atoms with Crippen molar-refractivity contribution in [2.75, 3.05) is 5.73 Å². The lowest BCUT2D eigenvalue weighted by molar-refractivity contribution is -0.00147. The van der Waals surface area contributed by atoms with E-state index >= 15 is 0 Å². The molecule has 0 spiro atoms. The van der Waals surface area contributed by atoms with Crippen LogP contribution in [0.25, 0.3) is 11.5 Å². The lowest BCUT2D eigenvalue weighted by Crippen LogP contribution is -2.33. The Hall–Kier alpha value is -5.60. The van der Waals surface area contributed by atoms with Crippen molar-refractivity contribution in [2.45, 2.75) is 18.8 Å². The molecule has 6 aromatic rings. The second kappa shape index (κ2) is 12.5. The number of nitrogens with zero attached hydrogens (tertiary/aromatic N) is 3. The minimum absolute atomic E-state index is 0.0185. The maximum absolute atomic E-state index is 13.0. The minimum Gasteiger partial charge on any atom is -0.463 e. The zero-order valence-corrected chi connectivity index (χ0v) is 23.3. The average Bonchev–Trinajstić information content (AvgIpc) is 3.61. The molecule has 0 unspecified atom stereocenters. The summed E-state index contributed by atoms with van der Waals surface area (Å²) in [5.41, 5.74) is 9.98. The van der Waals surface area contributed by atoms with E-state index in [2.05, 4.69) is 51.7 Å². The standard InChI is InChI=1S/C35H29N5O3/c36-34-39-30(32-20-11-21-42-32)22-31(40-34)33(41)37-23-28-18-10-19-29(38-28)24-43-35(25-12-4-1-5-13-25,26-14-6-2-7-15-26)27-16-8-3-9-17-27/h1-22H,23-24H2,(H,37,41)(H2,36,39,40). The number of nitrogen functional groups attached to an aromatic ring is 1. The SMILES string of the molecule is Nc1nc(C(=O)NCc2cccc(COC(c3ccccc3)(c3ccccc3)c3ccccc3)n2)cc(-c2ccco2)n1. The van der Waals surface area contributed by atoms with Crippen molar-refractivity contribution in [3.8, 4) is 11.5 Å². The number of furan rings is 1. The number of carbonyl (C=O) groups excluding carboxylic acids is 1. The zero-order valence-electron chi connectivity index (χ0n) is 23.3. The van der Waals surface area contributed by atoms with E-state index in [1.807, 2.05) is 72.8 Å². The summed E-state index contributed by atoms with van der Waals surface area (Å²) in [6, 6.07) is 41.3. The Balaban J connectivity index is 1.23. The van der Waals surface area contributed by atoms with Crippen LogP contribution in [0.1, 0.15) is 38.6 Å². The van der Waals surface area contributed by atoms with E-state index in [-0.39, 0.29) is 24.8 Å². The Kier molecular flexibility index (Phi) is 8.02. The molecule has 3 aromatic heterocycles. The van der Waals surface area contributed by atoms with E-state index in [4.69, 9.17) is 19.9 Å². The number of hydrogen-bond donors (Lipinski definition) is 2. The van der Waals surface area contributed by atoms with Crippen LogP contribution in [0.4, 0.5) is 5.95 Å². The van der Waals surface area contributed by atoms with Gasteiger partial charge >= 0.3 is 0 Å². The van der Waals surface area contributed by atoms with Gasteiger partial charge in [-0.25, -0.2) is 9.97 Å². The predicted molar refractivity (Wildman–Crippen MR) is 164 cm³/mol. The van der Waals surface area contributed by atoms with Crippen molar-refractivity contribution in [2.24, 2.45) is 0 Å². The maximum atomic E-state index is 13.0. The number of amides is 1. The highest BCUT2D eigenvalue weighted by molar-refractivity contribution is 5.93. The molecule has 43 heavy (non-hydrogen) atoms. The summed E-state index contributed by atoms with van der Waals surface area (Å²) >= 11 is 0. The van der Waals surface area contributed by atoms with Crippen LogP contribution in [0.2, 0.25) is 0 Å². The lowest BCUT2D eigenvalue weighted by Gasteiger charge is -2.36. The average molecular weight is 568 g/mol. The minimum atomic E-state index is -0.867. The number of benzene rings is 3. The first-order valence-corrected chi connectivity index (χ1v) is 13.8. The second-order valence-electron chi connectivity index (χ2n) is 9.84. The number of ether oxygens (including phenoxy) is 1. The molecule has 0 saturated heterocycles. The monoisotopic (exact) mass is 567 g/mol. The van der Waals surface area contributed by atoms with Crippen LogP contribution in [0.5, 0.6) is 0 Å². The van der Waals surface area contributed by atoms with Gasteiger partial charge in [-0.05, 0) is 47.0 Å². The van der Waals surface area contributed by atoms with Crippen LogP contribution in [-0.2, 0) is 23.5 Å². The third-order valence-corrected chi connectivity index (χ3v) is 7.02. The molecular formula is C35H29N5O3. The number of hydrogen-bond acceptors (Lipinski definition) is 7. The molecule has 3 heterocycles. The summed E-state index contributed by atoms with van der Waals surface area (Å²) in [6.07, 6.45) is 1.53. The first-order valence-electron chi connectivity index (χ1n) is 13.8. The molecule has 1 amide bonds. The highest BCUT2D eigenvalue weighted by Gasteiger charge is 2.37. The van der Waals surface area contributed by atoms with E-state index in [0.29, 0.717) is 17.1 Å². The Morgan fingerprint density at radius 1 is 0.721 bits per heavy atom. The summed E-state index contributed by atoms with van der Waals surface area (Å²) in [4.78, 5) is 26.0. The third kappa shape index (κ3) is 6.05. The molecule has 6 rings (SSSR count). The molecule has 0 atom stereocenters. The molecule has 3 N–H and O–H groups in total. The summed E-state index contributed by atoms with van der Waals surface area (Å²) in [6.45, 7) is 0.420. The topological polar surface area (TPSA) is 116 Å². The fourth-order valence-electron chi connectivity index (χ4n) is 5.05. The van der Waals surface area contributed by atoms with Gasteiger partial charge in [-0.15, -0.1) is 0 Å². The predicted octanol–water partition coefficient (Wildman–Crippen LogP) is 6.15. The molecule has 0 saturated carbocycles. The molecule has 0 aliphatic heterocycles. The number of pyridine rings is 1. The Labute approximate surface area is 249 Å². The van der Waals surface area contributed by atoms with Crippen LogP contribution < -0.4 is 11.1 Å². The zero-order chi connectivity index (χ0) is 29.5. The first-order chi connectivity index (χ1) is 21.1. The van der Waals surface area contributed by atoms with Gasteiger partial charge in [-0.3, -0.25) is 9.78 Å². The molecule has 0 bridgehead atoms. The van der Waals surface area contributed by atoms with E-state index in [9.17, 15) is 4.79 Å². The highest BCUT2D eigenvalue weighted by atomic mass is 16.5. The van der Waals surface area contributed by atoms with Gasteiger partial charge in [0.25, 0.3) is 5.91 Å². The van der Waals surface area contributed by atoms with Crippen molar-refractivity contribution < 1.29 is 13.9 Å². The molecule has 212 valence electrons. The molecule has 0 aliphatic rings. The molecule has 8 heteroatoms. The molecular weight excluding hydrogens is 538 g/mol. The van der Waals surface area contributed by atoms with Crippen molar-refractivity contribution >= 4 is 11.9 Å². The van der Waals surface area contributed by atoms with E-state index in [0.717, 1.165) is 22.4 Å². The number of carbonyl (C=O) groups is 1. The van der Waals surface area contributed by atoms with Gasteiger partial charge in [0.1, 0.15) is 17.0 Å². The summed E-state index contributed by atoms with van der Waals surface area (Å²) < 4.78 is 12.3. The van der Waals surface area contributed by atoms with Crippen molar-refractivity contribution in [1.82, 2.24) is 20.3 Å². The summed E-state index contributed by atoms with van der Waals surface area (Å²) in [5.74, 6) is 0.0757. The van der Waals surface area contributed by atoms with Gasteiger partial charge in [0.05, 0.1) is 30.8 Å². The van der Waals surface area contributed by atoms with Gasteiger partial charge in [-0.2, -0.15) is 0 Å². The second-order valence-corrected chi connectivity index (χ2v) is 9.84. The normalized spacial score (nSPS) is 11.3. The van der Waals surface area contributed by atoms with Crippen LogP contribution in [0.15, 0.2) is 138 Å². The van der Waals surface area contributed by atoms with Crippen molar-refractivity contribution in [3.05, 3.63) is 167 Å². The van der Waals surface area contributed by atoms with Gasteiger partial charge in [-0.1, -0.05) is 97.1 Å². The largest absolute Gasteiger partial charge is 0.463 e. The Morgan fingerprint density at radius 2 is 1.33 bits per heavy atom. The van der Waals surface area contributed by atoms with E-state index in [1.54, 1.807) is 18.2 Å².